The maximum Gasteiger partial charge on any atom is 0.416 e. The van der Waals surface area contributed by atoms with Gasteiger partial charge in [-0.2, -0.15) is 30.6 Å². The van der Waals surface area contributed by atoms with Crippen molar-refractivity contribution in [1.29, 1.82) is 0 Å². The van der Waals surface area contributed by atoms with Crippen molar-refractivity contribution in [2.75, 3.05) is 26.2 Å². The summed E-state index contributed by atoms with van der Waals surface area (Å²) in [6.07, 6.45) is -10.3. The first-order valence-electron chi connectivity index (χ1n) is 8.53. The molecule has 0 N–H and O–H groups in total. The number of rotatable bonds is 2. The maximum absolute atomic E-state index is 13.0. The number of alkyl halides is 6. The molecular weight excluding hydrogens is 426 g/mol. The first-order valence-corrected chi connectivity index (χ1v) is 9.97. The molecule has 1 saturated heterocycles. The second-order valence-electron chi connectivity index (χ2n) is 7.69. The molecule has 0 atom stereocenters. The van der Waals surface area contributed by atoms with Crippen LogP contribution in [-0.4, -0.2) is 49.7 Å². The third kappa shape index (κ3) is 5.21. The SMILES string of the molecule is CC(C)(C)C(=O)N1CCN(S(=O)(=O)c2cc(C(F)(F)F)cc(C(F)(F)F)c2)CC1. The van der Waals surface area contributed by atoms with Crippen LogP contribution in [0.1, 0.15) is 31.9 Å². The van der Waals surface area contributed by atoms with Crippen LogP contribution in [0, 0.1) is 5.41 Å². The van der Waals surface area contributed by atoms with E-state index in [9.17, 15) is 39.6 Å². The van der Waals surface area contributed by atoms with Crippen molar-refractivity contribution in [3.05, 3.63) is 29.3 Å². The van der Waals surface area contributed by atoms with Crippen LogP contribution in [0.25, 0.3) is 0 Å². The van der Waals surface area contributed by atoms with Crippen molar-refractivity contribution >= 4 is 15.9 Å². The molecule has 0 bridgehead atoms. The number of nitrogens with zero attached hydrogens (tertiary/aromatic N) is 2. The first-order chi connectivity index (χ1) is 12.9. The maximum atomic E-state index is 13.0. The van der Waals surface area contributed by atoms with Crippen molar-refractivity contribution in [1.82, 2.24) is 9.21 Å². The minimum Gasteiger partial charge on any atom is -0.340 e. The fourth-order valence-electron chi connectivity index (χ4n) is 2.83. The third-order valence-electron chi connectivity index (χ3n) is 4.37. The highest BCUT2D eigenvalue weighted by Crippen LogP contribution is 2.38. The van der Waals surface area contributed by atoms with Gasteiger partial charge in [0.25, 0.3) is 0 Å². The molecule has 0 unspecified atom stereocenters. The molecule has 1 aromatic rings. The molecule has 2 rings (SSSR count). The number of carbonyl (C=O) groups is 1. The summed E-state index contributed by atoms with van der Waals surface area (Å²) >= 11 is 0. The lowest BCUT2D eigenvalue weighted by molar-refractivity contribution is -0.143. The molecule has 164 valence electrons. The first kappa shape index (κ1) is 23.5. The van der Waals surface area contributed by atoms with Crippen molar-refractivity contribution in [2.24, 2.45) is 5.41 Å². The Hall–Kier alpha value is -1.82. The van der Waals surface area contributed by atoms with Crippen LogP contribution in [-0.2, 0) is 27.2 Å². The van der Waals surface area contributed by atoms with Crippen LogP contribution in [0.4, 0.5) is 26.3 Å². The van der Waals surface area contributed by atoms with Crippen LogP contribution >= 0.6 is 0 Å². The Morgan fingerprint density at radius 1 is 0.828 bits per heavy atom. The molecule has 1 aliphatic rings. The average Bonchev–Trinajstić information content (AvgIpc) is 2.58. The lowest BCUT2D eigenvalue weighted by Crippen LogP contribution is -2.52. The largest absolute Gasteiger partial charge is 0.416 e. The van der Waals surface area contributed by atoms with Crippen LogP contribution < -0.4 is 0 Å². The number of amides is 1. The van der Waals surface area contributed by atoms with E-state index in [-0.39, 0.29) is 50.3 Å². The quantitative estimate of drug-likeness (QED) is 0.653. The highest BCUT2D eigenvalue weighted by atomic mass is 32.2. The Morgan fingerprint density at radius 2 is 1.24 bits per heavy atom. The van der Waals surface area contributed by atoms with Gasteiger partial charge < -0.3 is 4.90 Å². The van der Waals surface area contributed by atoms with E-state index in [4.69, 9.17) is 0 Å². The van der Waals surface area contributed by atoms with Gasteiger partial charge in [0.05, 0.1) is 16.0 Å². The lowest BCUT2D eigenvalue weighted by atomic mass is 9.94. The summed E-state index contributed by atoms with van der Waals surface area (Å²) in [6, 6.07) is 0.257. The average molecular weight is 446 g/mol. The molecule has 1 amide bonds. The Labute approximate surface area is 164 Å². The highest BCUT2D eigenvalue weighted by molar-refractivity contribution is 7.89. The summed E-state index contributed by atoms with van der Waals surface area (Å²) in [5.74, 6) is -0.229. The Kier molecular flexibility index (Phi) is 6.03. The molecule has 12 heteroatoms. The van der Waals surface area contributed by atoms with Gasteiger partial charge in [0.15, 0.2) is 0 Å². The van der Waals surface area contributed by atoms with E-state index in [0.717, 1.165) is 4.31 Å². The van der Waals surface area contributed by atoms with E-state index >= 15 is 0 Å². The summed E-state index contributed by atoms with van der Waals surface area (Å²) in [4.78, 5) is 12.6. The van der Waals surface area contributed by atoms with Crippen molar-refractivity contribution < 1.29 is 39.6 Å². The van der Waals surface area contributed by atoms with Crippen molar-refractivity contribution in [2.45, 2.75) is 38.0 Å². The van der Waals surface area contributed by atoms with E-state index < -0.39 is 43.8 Å². The third-order valence-corrected chi connectivity index (χ3v) is 6.24. The van der Waals surface area contributed by atoms with E-state index in [2.05, 4.69) is 0 Å². The van der Waals surface area contributed by atoms with Gasteiger partial charge in [0.2, 0.25) is 15.9 Å². The number of carbonyl (C=O) groups excluding carboxylic acids is 1. The number of sulfonamides is 1. The van der Waals surface area contributed by atoms with Crippen LogP contribution in [0.2, 0.25) is 0 Å². The van der Waals surface area contributed by atoms with E-state index in [1.807, 2.05) is 0 Å². The van der Waals surface area contributed by atoms with Crippen molar-refractivity contribution in [3.8, 4) is 0 Å². The fourth-order valence-corrected chi connectivity index (χ4v) is 4.32. The summed E-state index contributed by atoms with van der Waals surface area (Å²) in [5.41, 5.74) is -4.11. The van der Waals surface area contributed by atoms with Gasteiger partial charge in [-0.3, -0.25) is 4.79 Å². The smallest absolute Gasteiger partial charge is 0.340 e. The van der Waals surface area contributed by atoms with Crippen LogP contribution in [0.15, 0.2) is 23.1 Å². The topological polar surface area (TPSA) is 57.7 Å². The second kappa shape index (κ2) is 7.46. The second-order valence-corrected chi connectivity index (χ2v) is 9.63. The highest BCUT2D eigenvalue weighted by Gasteiger charge is 2.40. The zero-order valence-electron chi connectivity index (χ0n) is 15.9. The Balaban J connectivity index is 2.36. The molecule has 1 heterocycles. The van der Waals surface area contributed by atoms with Crippen LogP contribution in [0.3, 0.4) is 0 Å². The molecule has 0 saturated carbocycles. The number of hydrogen-bond donors (Lipinski definition) is 0. The van der Waals surface area contributed by atoms with Gasteiger partial charge in [-0.15, -0.1) is 0 Å². The minimum atomic E-state index is -5.15. The molecular formula is C17H20F6N2O3S. The Morgan fingerprint density at radius 3 is 1.59 bits per heavy atom. The predicted molar refractivity (Wildman–Crippen MR) is 91.2 cm³/mol. The summed E-state index contributed by atoms with van der Waals surface area (Å²) in [5, 5.41) is 0. The molecule has 1 fully saturated rings. The van der Waals surface area contributed by atoms with Crippen molar-refractivity contribution in [3.63, 3.8) is 0 Å². The van der Waals surface area contributed by atoms with Gasteiger partial charge in [0.1, 0.15) is 0 Å². The molecule has 29 heavy (non-hydrogen) atoms. The molecule has 0 aromatic heterocycles. The molecule has 5 nitrogen and oxygen atoms in total. The summed E-state index contributed by atoms with van der Waals surface area (Å²) in [6.45, 7) is 4.55. The van der Waals surface area contributed by atoms with Gasteiger partial charge in [-0.1, -0.05) is 20.8 Å². The van der Waals surface area contributed by atoms with E-state index in [0.29, 0.717) is 0 Å². The molecule has 1 aliphatic heterocycles. The molecule has 0 radical (unpaired) electrons. The van der Waals surface area contributed by atoms with E-state index in [1.165, 1.54) is 4.90 Å². The normalized spacial score (nSPS) is 17.5. The summed E-state index contributed by atoms with van der Waals surface area (Å²) < 4.78 is 104. The zero-order valence-corrected chi connectivity index (χ0v) is 16.7. The Bertz CT molecular complexity index is 848. The van der Waals surface area contributed by atoms with Gasteiger partial charge in [0, 0.05) is 31.6 Å². The molecule has 0 aliphatic carbocycles. The standard InChI is InChI=1S/C17H20F6N2O3S/c1-15(2,3)14(26)24-4-6-25(7-5-24)29(27,28)13-9-11(16(18,19)20)8-12(10-13)17(21,22)23/h8-10H,4-7H2,1-3H3. The number of halogens is 6. The predicted octanol–water partition coefficient (Wildman–Crippen LogP) is 3.60. The van der Waals surface area contributed by atoms with E-state index in [1.54, 1.807) is 20.8 Å². The zero-order chi connectivity index (χ0) is 22.4. The molecule has 1 aromatic carbocycles. The number of piperazine rings is 1. The van der Waals surface area contributed by atoms with Gasteiger partial charge in [-0.05, 0) is 18.2 Å². The van der Waals surface area contributed by atoms with Crippen LogP contribution in [0.5, 0.6) is 0 Å². The monoisotopic (exact) mass is 446 g/mol. The lowest BCUT2D eigenvalue weighted by Gasteiger charge is -2.37. The number of benzene rings is 1. The number of hydrogen-bond acceptors (Lipinski definition) is 3. The fraction of sp³-hybridized carbons (Fsp3) is 0.588. The summed E-state index contributed by atoms with van der Waals surface area (Å²) in [7, 11) is -4.62. The molecule has 0 spiro atoms. The van der Waals surface area contributed by atoms with Gasteiger partial charge in [-0.25, -0.2) is 8.42 Å². The minimum absolute atomic E-state index is 0.0135. The van der Waals surface area contributed by atoms with Gasteiger partial charge >= 0.3 is 12.4 Å².